The summed E-state index contributed by atoms with van der Waals surface area (Å²) in [5, 5.41) is 103. The molecule has 0 aromatic rings. The van der Waals surface area contributed by atoms with Gasteiger partial charge in [0.15, 0.2) is 38.1 Å². The average molecular weight is 1940 g/mol. The second kappa shape index (κ2) is 61.3. The van der Waals surface area contributed by atoms with E-state index >= 15 is 4.39 Å². The molecule has 0 spiro atoms. The number of aliphatic hydroxyl groups excluding tert-OH is 10. The van der Waals surface area contributed by atoms with E-state index in [4.69, 9.17) is 107 Å². The molecule has 4 aliphatic heterocycles. The molecule has 0 radical (unpaired) electrons. The largest absolute Gasteiger partial charge is 0.756 e. The van der Waals surface area contributed by atoms with Crippen LogP contribution in [0.25, 0.3) is 0 Å². The molecule has 0 saturated carbocycles. The maximum absolute atomic E-state index is 15.6. The Hall–Kier alpha value is -0.780. The van der Waals surface area contributed by atoms with Crippen molar-refractivity contribution < 1.29 is 224 Å². The number of nitrogens with one attached hydrogen (secondary N) is 1. The van der Waals surface area contributed by atoms with Crippen LogP contribution in [0.5, 0.6) is 0 Å². The van der Waals surface area contributed by atoms with Crippen molar-refractivity contribution in [2.75, 3.05) is 172 Å². The minimum absolute atomic E-state index is 0. The van der Waals surface area contributed by atoms with Gasteiger partial charge in [0.2, 0.25) is 5.91 Å². The van der Waals surface area contributed by atoms with Gasteiger partial charge >= 0.3 is 23.2 Å². The van der Waals surface area contributed by atoms with Gasteiger partial charge < -0.3 is 174 Å². The van der Waals surface area contributed by atoms with Crippen LogP contribution in [0.2, 0.25) is 0 Å². The first-order chi connectivity index (χ1) is 57.5. The number of aliphatic hydroxyl groups is 10. The molecule has 4 rings (SSSR count). The van der Waals surface area contributed by atoms with Crippen molar-refractivity contribution in [2.45, 2.75) is 250 Å². The number of phosphoric acid groups is 5. The Bertz CT molecular complexity index is 3060. The van der Waals surface area contributed by atoms with Gasteiger partial charge in [-0.3, -0.25) is 41.1 Å². The van der Waals surface area contributed by atoms with E-state index in [2.05, 4.69) is 5.32 Å². The van der Waals surface area contributed by atoms with Crippen molar-refractivity contribution in [1.29, 1.82) is 0 Å². The summed E-state index contributed by atoms with van der Waals surface area (Å²) < 4.78 is 215. The van der Waals surface area contributed by atoms with E-state index in [1.165, 1.54) is 13.8 Å². The molecule has 14 N–H and O–H groups in total. The normalized spacial score (nSPS) is 30.4. The lowest BCUT2D eigenvalue weighted by Gasteiger charge is -2.42. The van der Waals surface area contributed by atoms with Crippen LogP contribution in [0.1, 0.15) is 146 Å². The minimum atomic E-state index is -5.21. The van der Waals surface area contributed by atoms with Crippen molar-refractivity contribution in [3.8, 4) is 0 Å². The number of phosphoric ester groups is 5. The molecule has 14 unspecified atom stereocenters. The SMILES string of the molecule is C.C.CC(=O)NC1[C@H](OCCCCCCOP(=O)([O-])OCCCOCC(COCCCOP(=O)([O-])OCCCCCCO[C@@H]2OC(CO)[C@H](O)[C@H](O)C2C)(COCCCOP(=O)([O-])OCCCCCCO[C@@H]2OC(CO)[C@H](O)[C@H](O)C2C)COP(=O)(O)OCOCC(CO)COCOP(=O)(O)O[C@@H]2[C@@H](COP(C)(=O)O)O[C@@H](C)C2(C)F)OC(CO)[C@H](O)[C@@H]1O. The zero-order valence-corrected chi connectivity index (χ0v) is 75.0. The standard InChI is InChI=1S/C68H134FNO46P6.2CH4/c1-47-57(76)59(78)52(35-72)113-64(47)99-25-13-7-10-16-28-102-118(84,85)105-31-19-22-94-41-68(42-95-23-20-32-106-119(86,87)103-29-17-11-8-14-26-100-65-48(2)58(77)60(79)53(36-73)114-65,43-96-24-21-33-107-120(88,89)104-30-18-12-9-15-27-101-66-56(70-50(4)75)62(81)61(80)54(37-74)115-66)44-109-121(90,91)110-45-97-38-51(34-71)39-98-46-111-122(92,93)116-63-55(40-108-117(6,82)83)112-49(3)67(63,5)69;;/h47-49,51-66,71-74,76-81H,7-46H2,1-6H3,(H,70,75)(H,82,83)(H,84,85)(H,86,87)(H,88,89)(H,90,91)(H,92,93);2*1H4/p-3/t47?,48?,49-,51?,52?,53?,54?,55+,56?,57+,58+,59-,60-,61-,62+,63+,64+,65+,66+,67?,68?;;/m0../s1. The number of carbonyl (C=O) groups is 1. The molecule has 0 aromatic heterocycles. The molecule has 4 fully saturated rings. The highest BCUT2D eigenvalue weighted by atomic mass is 31.2. The first kappa shape index (κ1) is 119. The predicted molar refractivity (Wildman–Crippen MR) is 424 cm³/mol. The lowest BCUT2D eigenvalue weighted by molar-refractivity contribution is -0.282. The van der Waals surface area contributed by atoms with E-state index < -0.39 is 286 Å². The molecule has 4 aliphatic rings. The van der Waals surface area contributed by atoms with Gasteiger partial charge in [-0.05, 0) is 71.6 Å². The number of hydrogen-bond acceptors (Lipinski definition) is 43. The number of unbranched alkanes of at least 4 members (excludes halogenated alkanes) is 9. The molecule has 4 saturated heterocycles. The molecular weight excluding hydrogens is 1800 g/mol. The summed E-state index contributed by atoms with van der Waals surface area (Å²) in [6.07, 6.45) is -13.5. The van der Waals surface area contributed by atoms with Crippen molar-refractivity contribution in [2.24, 2.45) is 23.2 Å². The smallest absolute Gasteiger partial charge is 0.474 e. The van der Waals surface area contributed by atoms with Gasteiger partial charge in [-0.25, -0.2) is 13.5 Å². The fraction of sp³-hybridized carbons (Fsp3) is 0.986. The number of amides is 1. The molecule has 54 heteroatoms. The Morgan fingerprint density at radius 1 is 0.444 bits per heavy atom. The lowest BCUT2D eigenvalue weighted by atomic mass is 9.92. The van der Waals surface area contributed by atoms with Gasteiger partial charge in [-0.1, -0.05) is 67.2 Å². The van der Waals surface area contributed by atoms with E-state index in [9.17, 15) is 113 Å². The number of alkyl halides is 1. The highest BCUT2D eigenvalue weighted by molar-refractivity contribution is 7.52. The van der Waals surface area contributed by atoms with E-state index in [1.807, 2.05) is 0 Å². The number of halogens is 1. The maximum Gasteiger partial charge on any atom is 0.474 e. The third-order valence-electron chi connectivity index (χ3n) is 19.5. The molecule has 124 heavy (non-hydrogen) atoms. The van der Waals surface area contributed by atoms with Crippen molar-refractivity contribution in [1.82, 2.24) is 5.32 Å². The van der Waals surface area contributed by atoms with Gasteiger partial charge in [-0.2, -0.15) is 0 Å². The number of hydrogen-bond donors (Lipinski definition) is 14. The van der Waals surface area contributed by atoms with E-state index in [0.717, 1.165) is 13.6 Å². The zero-order valence-electron chi connectivity index (χ0n) is 69.6. The summed E-state index contributed by atoms with van der Waals surface area (Å²) in [4.78, 5) is 81.1. The molecule has 1 amide bonds. The Kier molecular flexibility index (Phi) is 58.9. The lowest BCUT2D eigenvalue weighted by Crippen LogP contribution is -2.64. The number of carbonyl (C=O) groups excluding carboxylic acids is 1. The van der Waals surface area contributed by atoms with Crippen LogP contribution in [-0.2, 0) is 139 Å². The minimum Gasteiger partial charge on any atom is -0.756 e. The Morgan fingerprint density at radius 2 is 0.790 bits per heavy atom. The van der Waals surface area contributed by atoms with Crippen LogP contribution in [-0.4, -0.2) is 348 Å². The topological polar surface area (TPSA) is 676 Å². The Labute approximate surface area is 723 Å². The molecule has 4 heterocycles. The van der Waals surface area contributed by atoms with Crippen molar-refractivity contribution in [3.63, 3.8) is 0 Å². The van der Waals surface area contributed by atoms with Gasteiger partial charge in [0.25, 0.3) is 23.5 Å². The van der Waals surface area contributed by atoms with E-state index in [-0.39, 0.29) is 100.0 Å². The number of rotatable bonds is 71. The van der Waals surface area contributed by atoms with Gasteiger partial charge in [0.05, 0.1) is 136 Å². The summed E-state index contributed by atoms with van der Waals surface area (Å²) in [6, 6.07) is -1.14. The first-order valence-electron chi connectivity index (χ1n) is 40.3. The molecule has 47 nitrogen and oxygen atoms in total. The zero-order chi connectivity index (χ0) is 90.8. The summed E-state index contributed by atoms with van der Waals surface area (Å²) >= 11 is 0. The van der Waals surface area contributed by atoms with Gasteiger partial charge in [0.1, 0.15) is 61.0 Å². The highest BCUT2D eigenvalue weighted by Crippen LogP contribution is 2.52. The second-order valence-electron chi connectivity index (χ2n) is 30.1. The van der Waals surface area contributed by atoms with Crippen molar-refractivity contribution >= 4 is 52.6 Å². The van der Waals surface area contributed by atoms with E-state index in [0.29, 0.717) is 70.6 Å². The molecule has 0 aromatic carbocycles. The molecular formula is C70H139FNO46P6-3. The fourth-order valence-corrected chi connectivity index (χ4v) is 16.6. The second-order valence-corrected chi connectivity index (χ2v) is 39.0. The molecule has 26 atom stereocenters. The first-order valence-corrected chi connectivity index (χ1v) is 49.7. The average Bonchev–Trinajstić information content (AvgIpc) is 1.59. The summed E-state index contributed by atoms with van der Waals surface area (Å²) in [5.41, 5.74) is -4.08. The Balaban J connectivity index is 0.0000260. The number of ether oxygens (including phenoxy) is 12. The molecule has 740 valence electrons. The van der Waals surface area contributed by atoms with Crippen LogP contribution in [0.3, 0.4) is 0 Å². The quantitative estimate of drug-likeness (QED) is 0.0232. The third kappa shape index (κ3) is 46.4. The molecule has 0 aliphatic carbocycles. The monoisotopic (exact) mass is 1930 g/mol. The van der Waals surface area contributed by atoms with Gasteiger partial charge in [0, 0.05) is 71.0 Å². The van der Waals surface area contributed by atoms with Gasteiger partial charge in [-0.15, -0.1) is 0 Å². The van der Waals surface area contributed by atoms with Crippen LogP contribution < -0.4 is 20.0 Å². The van der Waals surface area contributed by atoms with Crippen LogP contribution >= 0.6 is 46.7 Å². The summed E-state index contributed by atoms with van der Waals surface area (Å²) in [7, 11) is -29.1. The van der Waals surface area contributed by atoms with E-state index in [1.54, 1.807) is 13.8 Å². The van der Waals surface area contributed by atoms with Crippen LogP contribution in [0.15, 0.2) is 0 Å². The third-order valence-corrected chi connectivity index (χ3v) is 24.9. The molecule has 0 bridgehead atoms. The predicted octanol–water partition coefficient (Wildman–Crippen LogP) is 1.33. The summed E-state index contributed by atoms with van der Waals surface area (Å²) in [6.45, 7) is -3.18. The fourth-order valence-electron chi connectivity index (χ4n) is 12.3. The van der Waals surface area contributed by atoms with Crippen LogP contribution in [0.4, 0.5) is 4.39 Å². The Morgan fingerprint density at radius 3 is 1.15 bits per heavy atom. The highest BCUT2D eigenvalue weighted by Gasteiger charge is 2.57. The van der Waals surface area contributed by atoms with Crippen LogP contribution in [0, 0.1) is 23.2 Å². The van der Waals surface area contributed by atoms with Crippen molar-refractivity contribution in [3.05, 3.63) is 0 Å². The summed E-state index contributed by atoms with van der Waals surface area (Å²) in [5.74, 6) is -2.67. The maximum atomic E-state index is 15.6.